The molecule has 2 aromatic rings. The second kappa shape index (κ2) is 5.55. The molecule has 0 aliphatic rings. The van der Waals surface area contributed by atoms with Crippen LogP contribution >= 0.6 is 0 Å². The molecule has 0 aromatic carbocycles. The molecular weight excluding hydrogens is 233 g/mol. The number of oxime groups is 1. The summed E-state index contributed by atoms with van der Waals surface area (Å²) in [4.78, 5) is 3.91. The van der Waals surface area contributed by atoms with Crippen LogP contribution in [0, 0.1) is 17.8 Å². The van der Waals surface area contributed by atoms with Crippen molar-refractivity contribution in [3.05, 3.63) is 59.9 Å². The van der Waals surface area contributed by atoms with Crippen LogP contribution in [0.1, 0.15) is 11.4 Å². The lowest BCUT2D eigenvalue weighted by Crippen LogP contribution is -2.25. The van der Waals surface area contributed by atoms with Crippen LogP contribution in [0.3, 0.4) is 0 Å². The van der Waals surface area contributed by atoms with Gasteiger partial charge in [-0.15, -0.1) is 4.57 Å². The smallest absolute Gasteiger partial charge is 0.235 e. The quantitative estimate of drug-likeness (QED) is 0.268. The van der Waals surface area contributed by atoms with Gasteiger partial charge in [0.25, 0.3) is 0 Å². The largest absolute Gasteiger partial charge is 0.411 e. The van der Waals surface area contributed by atoms with Gasteiger partial charge in [0.1, 0.15) is 11.4 Å². The molecule has 0 amide bonds. The summed E-state index contributed by atoms with van der Waals surface area (Å²) in [5.74, 6) is 2.21. The Morgan fingerprint density at radius 3 is 2.78 bits per heavy atom. The van der Waals surface area contributed by atoms with Gasteiger partial charge in [0.05, 0.1) is 6.21 Å². The van der Waals surface area contributed by atoms with Gasteiger partial charge >= 0.3 is 0 Å². The summed E-state index contributed by atoms with van der Waals surface area (Å²) < 4.78 is 14.9. The van der Waals surface area contributed by atoms with Gasteiger partial charge in [-0.3, -0.25) is 0 Å². The summed E-state index contributed by atoms with van der Waals surface area (Å²) in [6.45, 7) is 0. The van der Waals surface area contributed by atoms with E-state index in [1.54, 1.807) is 17.0 Å². The summed E-state index contributed by atoms with van der Waals surface area (Å²) in [5, 5.41) is 11.1. The Labute approximate surface area is 103 Å². The first kappa shape index (κ1) is 11.7. The van der Waals surface area contributed by atoms with Crippen molar-refractivity contribution in [2.75, 3.05) is 0 Å². The fourth-order valence-corrected chi connectivity index (χ4v) is 1.27. The number of halogens is 1. The topological polar surface area (TPSA) is 49.4 Å². The number of hydrogen-bond acceptors (Lipinski definition) is 3. The molecule has 0 aliphatic heterocycles. The van der Waals surface area contributed by atoms with E-state index in [0.29, 0.717) is 5.69 Å². The first-order valence-electron chi connectivity index (χ1n) is 5.12. The van der Waals surface area contributed by atoms with E-state index in [0.717, 1.165) is 6.21 Å². The molecule has 0 saturated carbocycles. The summed E-state index contributed by atoms with van der Waals surface area (Å²) in [7, 11) is 0. The van der Waals surface area contributed by atoms with Crippen LogP contribution in [0.15, 0.2) is 47.9 Å². The minimum atomic E-state index is -0.564. The van der Waals surface area contributed by atoms with E-state index in [9.17, 15) is 4.39 Å². The molecule has 0 aliphatic carbocycles. The van der Waals surface area contributed by atoms with Gasteiger partial charge in [-0.25, -0.2) is 9.37 Å². The molecule has 0 unspecified atom stereocenters. The van der Waals surface area contributed by atoms with Gasteiger partial charge in [0.15, 0.2) is 18.2 Å². The lowest BCUT2D eigenvalue weighted by Gasteiger charge is -1.94. The van der Waals surface area contributed by atoms with Gasteiger partial charge in [-0.05, 0) is 12.1 Å². The Balaban J connectivity index is 2.31. The van der Waals surface area contributed by atoms with E-state index in [-0.39, 0.29) is 5.69 Å². The van der Waals surface area contributed by atoms with E-state index in [2.05, 4.69) is 22.1 Å². The lowest BCUT2D eigenvalue weighted by atomic mass is 10.3. The minimum Gasteiger partial charge on any atom is -0.411 e. The van der Waals surface area contributed by atoms with E-state index in [4.69, 9.17) is 5.21 Å². The number of nitrogens with zero attached hydrogens (tertiary/aromatic N) is 3. The van der Waals surface area contributed by atoms with Crippen molar-refractivity contribution in [3.8, 4) is 12.0 Å². The molecule has 2 rings (SSSR count). The third kappa shape index (κ3) is 2.89. The number of aromatic nitrogens is 2. The highest BCUT2D eigenvalue weighted by molar-refractivity contribution is 5.76. The van der Waals surface area contributed by atoms with Crippen molar-refractivity contribution in [1.29, 1.82) is 0 Å². The SMILES string of the molecule is ON=Cc1nc(C#C[n+]2ccccc2)ccc1F. The zero-order chi connectivity index (χ0) is 12.8. The molecule has 1 N–H and O–H groups in total. The third-order valence-corrected chi connectivity index (χ3v) is 2.08. The number of rotatable bonds is 1. The van der Waals surface area contributed by atoms with Gasteiger partial charge in [0.2, 0.25) is 6.04 Å². The van der Waals surface area contributed by atoms with Crippen LogP contribution in [-0.2, 0) is 0 Å². The van der Waals surface area contributed by atoms with E-state index in [1.807, 2.05) is 18.2 Å². The molecule has 2 heterocycles. The zero-order valence-corrected chi connectivity index (χ0v) is 9.29. The van der Waals surface area contributed by atoms with Gasteiger partial charge in [-0.2, -0.15) is 0 Å². The predicted octanol–water partition coefficient (Wildman–Crippen LogP) is 1.17. The molecule has 0 radical (unpaired) electrons. The van der Waals surface area contributed by atoms with Crippen molar-refractivity contribution in [1.82, 2.24) is 4.98 Å². The second-order valence-electron chi connectivity index (χ2n) is 3.33. The number of hydrogen-bond donors (Lipinski definition) is 1. The van der Waals surface area contributed by atoms with Crippen molar-refractivity contribution in [3.63, 3.8) is 0 Å². The molecule has 0 fully saturated rings. The fourth-order valence-electron chi connectivity index (χ4n) is 1.27. The van der Waals surface area contributed by atoms with Crippen molar-refractivity contribution in [2.24, 2.45) is 5.16 Å². The van der Waals surface area contributed by atoms with Crippen LogP contribution in [-0.4, -0.2) is 16.4 Å². The predicted molar refractivity (Wildman–Crippen MR) is 62.5 cm³/mol. The van der Waals surface area contributed by atoms with Gasteiger partial charge in [-0.1, -0.05) is 11.2 Å². The highest BCUT2D eigenvalue weighted by Gasteiger charge is 2.02. The Bertz CT molecular complexity index is 630. The molecule has 2 aromatic heterocycles. The molecule has 18 heavy (non-hydrogen) atoms. The monoisotopic (exact) mass is 242 g/mol. The Hall–Kier alpha value is -2.74. The average molecular weight is 242 g/mol. The van der Waals surface area contributed by atoms with Crippen molar-refractivity contribution >= 4 is 6.21 Å². The van der Waals surface area contributed by atoms with Gasteiger partial charge in [0, 0.05) is 18.1 Å². The molecule has 0 atom stereocenters. The van der Waals surface area contributed by atoms with E-state index >= 15 is 0 Å². The average Bonchev–Trinajstić information content (AvgIpc) is 2.41. The maximum Gasteiger partial charge on any atom is 0.235 e. The highest BCUT2D eigenvalue weighted by atomic mass is 19.1. The van der Waals surface area contributed by atoms with E-state index in [1.165, 1.54) is 12.1 Å². The summed E-state index contributed by atoms with van der Waals surface area (Å²) in [5.41, 5.74) is 0.338. The maximum absolute atomic E-state index is 13.2. The van der Waals surface area contributed by atoms with Crippen LogP contribution in [0.4, 0.5) is 4.39 Å². The van der Waals surface area contributed by atoms with Crippen LogP contribution in [0.5, 0.6) is 0 Å². The first-order valence-corrected chi connectivity index (χ1v) is 5.12. The maximum atomic E-state index is 13.2. The van der Waals surface area contributed by atoms with Crippen molar-refractivity contribution < 1.29 is 14.2 Å². The number of pyridine rings is 2. The molecule has 5 heteroatoms. The van der Waals surface area contributed by atoms with Crippen LogP contribution in [0.25, 0.3) is 0 Å². The van der Waals surface area contributed by atoms with E-state index < -0.39 is 5.82 Å². The second-order valence-corrected chi connectivity index (χ2v) is 3.33. The molecule has 4 nitrogen and oxygen atoms in total. The summed E-state index contributed by atoms with van der Waals surface area (Å²) in [6, 6.07) is 11.1. The molecule has 0 spiro atoms. The fraction of sp³-hybridized carbons (Fsp3) is 0. The Morgan fingerprint density at radius 2 is 2.06 bits per heavy atom. The third-order valence-electron chi connectivity index (χ3n) is 2.08. The Morgan fingerprint density at radius 1 is 1.28 bits per heavy atom. The first-order chi connectivity index (χ1) is 8.79. The van der Waals surface area contributed by atoms with Crippen LogP contribution in [0.2, 0.25) is 0 Å². The standard InChI is InChI=1S/C13H8FN3O/c14-12-5-4-11(16-13(12)10-15-18)6-9-17-7-2-1-3-8-17/h1-5,7-8,10H/p+1. The minimum absolute atomic E-state index is 0.0534. The highest BCUT2D eigenvalue weighted by Crippen LogP contribution is 2.02. The van der Waals surface area contributed by atoms with Crippen molar-refractivity contribution in [2.45, 2.75) is 0 Å². The summed E-state index contributed by atoms with van der Waals surface area (Å²) in [6.07, 6.45) is 4.50. The Kier molecular flexibility index (Phi) is 3.62. The normalized spacial score (nSPS) is 10.1. The summed E-state index contributed by atoms with van der Waals surface area (Å²) >= 11 is 0. The molecule has 0 saturated heterocycles. The zero-order valence-electron chi connectivity index (χ0n) is 9.29. The molecular formula is C13H9FN3O+. The van der Waals surface area contributed by atoms with Crippen LogP contribution < -0.4 is 4.57 Å². The molecule has 88 valence electrons. The van der Waals surface area contributed by atoms with Gasteiger partial charge < -0.3 is 5.21 Å². The lowest BCUT2D eigenvalue weighted by molar-refractivity contribution is -0.583. The molecule has 0 bridgehead atoms.